The van der Waals surface area contributed by atoms with E-state index in [1.54, 1.807) is 13.1 Å². The zero-order valence-electron chi connectivity index (χ0n) is 10.0. The van der Waals surface area contributed by atoms with Crippen LogP contribution in [0.5, 0.6) is 0 Å². The van der Waals surface area contributed by atoms with E-state index in [1.807, 2.05) is 12.1 Å². The number of pyridine rings is 1. The summed E-state index contributed by atoms with van der Waals surface area (Å²) in [6, 6.07) is 3.85. The summed E-state index contributed by atoms with van der Waals surface area (Å²) in [6.07, 6.45) is 6.41. The maximum absolute atomic E-state index is 11.2. The Morgan fingerprint density at radius 1 is 1.35 bits per heavy atom. The van der Waals surface area contributed by atoms with Crippen LogP contribution in [0.4, 0.5) is 0 Å². The van der Waals surface area contributed by atoms with E-state index < -0.39 is 0 Å². The fourth-order valence-corrected chi connectivity index (χ4v) is 2.69. The van der Waals surface area contributed by atoms with Crippen LogP contribution in [0.3, 0.4) is 0 Å². The zero-order valence-corrected chi connectivity index (χ0v) is 10.0. The number of aromatic nitrogens is 1. The van der Waals surface area contributed by atoms with Crippen molar-refractivity contribution >= 4 is 11.4 Å². The summed E-state index contributed by atoms with van der Waals surface area (Å²) in [5, 5.41) is 0. The third kappa shape index (κ3) is 1.86. The fourth-order valence-electron chi connectivity index (χ4n) is 2.69. The summed E-state index contributed by atoms with van der Waals surface area (Å²) < 4.78 is 0. The van der Waals surface area contributed by atoms with Gasteiger partial charge < -0.3 is 4.90 Å². The Balaban J connectivity index is 1.92. The first kappa shape index (κ1) is 10.5. The Hall–Kier alpha value is -1.64. The molecule has 4 heterocycles. The molecule has 0 saturated carbocycles. The third-order valence-corrected chi connectivity index (χ3v) is 3.76. The molecule has 0 spiro atoms. The predicted molar refractivity (Wildman–Crippen MR) is 66.5 cm³/mol. The highest BCUT2D eigenvalue weighted by molar-refractivity contribution is 5.93. The van der Waals surface area contributed by atoms with E-state index in [1.165, 1.54) is 31.5 Å². The minimum atomic E-state index is 0.0759. The largest absolute Gasteiger partial charge is 0.377 e. The van der Waals surface area contributed by atoms with E-state index in [0.717, 1.165) is 5.69 Å². The van der Waals surface area contributed by atoms with Crippen LogP contribution in [0.1, 0.15) is 35.8 Å². The molecule has 88 valence electrons. The van der Waals surface area contributed by atoms with Gasteiger partial charge >= 0.3 is 0 Å². The van der Waals surface area contributed by atoms with Gasteiger partial charge in [-0.1, -0.05) is 0 Å². The van der Waals surface area contributed by atoms with Crippen molar-refractivity contribution in [1.82, 2.24) is 9.88 Å². The number of Topliss-reactive ketones (excluding diaryl/α,β-unsaturated/α-hetero) is 1. The standard InChI is InChI=1S/C14H16N2O/c1-10(17)12-2-3-14(15-8-12)13-9-16-6-4-11(13)5-7-16/h2-3,8-9,11H,4-7H2,1H3. The summed E-state index contributed by atoms with van der Waals surface area (Å²) >= 11 is 0. The van der Waals surface area contributed by atoms with Crippen LogP contribution in [0.15, 0.2) is 24.5 Å². The van der Waals surface area contributed by atoms with Crippen molar-refractivity contribution in [3.63, 3.8) is 0 Å². The first-order valence-corrected chi connectivity index (χ1v) is 6.17. The van der Waals surface area contributed by atoms with E-state index in [9.17, 15) is 4.79 Å². The summed E-state index contributed by atoms with van der Waals surface area (Å²) in [5.74, 6) is 0.739. The summed E-state index contributed by atoms with van der Waals surface area (Å²) in [6.45, 7) is 3.93. The molecule has 17 heavy (non-hydrogen) atoms. The summed E-state index contributed by atoms with van der Waals surface area (Å²) in [4.78, 5) is 18.0. The number of hydrogen-bond acceptors (Lipinski definition) is 3. The van der Waals surface area contributed by atoms with Gasteiger partial charge in [-0.2, -0.15) is 0 Å². The van der Waals surface area contributed by atoms with Crippen LogP contribution in [0.2, 0.25) is 0 Å². The molecule has 0 aromatic carbocycles. The van der Waals surface area contributed by atoms with Crippen LogP contribution in [0, 0.1) is 5.92 Å². The molecule has 3 nitrogen and oxygen atoms in total. The molecule has 1 saturated heterocycles. The van der Waals surface area contributed by atoms with Crippen molar-refractivity contribution in [1.29, 1.82) is 0 Å². The lowest BCUT2D eigenvalue weighted by molar-refractivity contribution is 0.101. The van der Waals surface area contributed by atoms with Gasteiger partial charge in [0.15, 0.2) is 5.78 Å². The van der Waals surface area contributed by atoms with Crippen LogP contribution < -0.4 is 0 Å². The van der Waals surface area contributed by atoms with E-state index >= 15 is 0 Å². The second kappa shape index (κ2) is 3.99. The first-order valence-electron chi connectivity index (χ1n) is 6.17. The van der Waals surface area contributed by atoms with Gasteiger partial charge in [-0.15, -0.1) is 0 Å². The lowest BCUT2D eigenvalue weighted by Crippen LogP contribution is -2.35. The van der Waals surface area contributed by atoms with E-state index in [-0.39, 0.29) is 5.78 Å². The molecule has 0 aliphatic carbocycles. The maximum Gasteiger partial charge on any atom is 0.161 e. The molecule has 2 bridgehead atoms. The molecular formula is C14H16N2O. The predicted octanol–water partition coefficient (Wildman–Crippen LogP) is 2.35. The number of hydrogen-bond donors (Lipinski definition) is 0. The van der Waals surface area contributed by atoms with Crippen LogP contribution >= 0.6 is 0 Å². The molecule has 4 rings (SSSR count). The Kier molecular flexibility index (Phi) is 2.46. The number of rotatable bonds is 2. The van der Waals surface area contributed by atoms with Gasteiger partial charge in [-0.25, -0.2) is 0 Å². The average molecular weight is 228 g/mol. The molecule has 0 amide bonds. The van der Waals surface area contributed by atoms with Crippen molar-refractivity contribution in [3.8, 4) is 0 Å². The maximum atomic E-state index is 11.2. The molecule has 3 heteroatoms. The first-order chi connectivity index (χ1) is 8.24. The Morgan fingerprint density at radius 3 is 2.59 bits per heavy atom. The molecule has 0 N–H and O–H groups in total. The molecule has 1 aromatic heterocycles. The quantitative estimate of drug-likeness (QED) is 0.728. The highest BCUT2D eigenvalue weighted by Crippen LogP contribution is 2.36. The summed E-state index contributed by atoms with van der Waals surface area (Å²) in [7, 11) is 0. The van der Waals surface area contributed by atoms with E-state index in [4.69, 9.17) is 0 Å². The summed E-state index contributed by atoms with van der Waals surface area (Å²) in [5.41, 5.74) is 3.07. The van der Waals surface area contributed by atoms with Crippen LogP contribution in [-0.2, 0) is 0 Å². The van der Waals surface area contributed by atoms with Crippen molar-refractivity contribution in [2.24, 2.45) is 5.92 Å². The van der Waals surface area contributed by atoms with Gasteiger partial charge in [0.2, 0.25) is 0 Å². The number of carbonyl (C=O) groups is 1. The van der Waals surface area contributed by atoms with Gasteiger partial charge in [0, 0.05) is 31.0 Å². The topological polar surface area (TPSA) is 33.2 Å². The minimum Gasteiger partial charge on any atom is -0.377 e. The highest BCUT2D eigenvalue weighted by Gasteiger charge is 2.28. The smallest absolute Gasteiger partial charge is 0.161 e. The Morgan fingerprint density at radius 2 is 2.12 bits per heavy atom. The SMILES string of the molecule is CC(=O)c1ccc(C2=CN3CCC2CC3)nc1. The van der Waals surface area contributed by atoms with Gasteiger partial charge in [0.25, 0.3) is 0 Å². The van der Waals surface area contributed by atoms with Gasteiger partial charge in [0.1, 0.15) is 0 Å². The highest BCUT2D eigenvalue weighted by atomic mass is 16.1. The normalized spacial score (nSPS) is 19.4. The number of ketones is 1. The lowest BCUT2D eigenvalue weighted by Gasteiger charge is -2.38. The number of nitrogens with zero attached hydrogens (tertiary/aromatic N) is 2. The van der Waals surface area contributed by atoms with Gasteiger partial charge in [-0.3, -0.25) is 9.78 Å². The average Bonchev–Trinajstić information content (AvgIpc) is 2.40. The van der Waals surface area contributed by atoms with Crippen molar-refractivity contribution < 1.29 is 4.79 Å². The van der Waals surface area contributed by atoms with Crippen molar-refractivity contribution in [2.45, 2.75) is 19.8 Å². The second-order valence-corrected chi connectivity index (χ2v) is 4.88. The molecule has 3 aliphatic rings. The van der Waals surface area contributed by atoms with Gasteiger partial charge in [0.05, 0.1) is 5.69 Å². The number of fused-ring (bicyclic) bond motifs is 2. The molecule has 0 atom stereocenters. The zero-order chi connectivity index (χ0) is 11.8. The fraction of sp³-hybridized carbons (Fsp3) is 0.429. The van der Waals surface area contributed by atoms with E-state index in [2.05, 4.69) is 16.1 Å². The minimum absolute atomic E-state index is 0.0759. The monoisotopic (exact) mass is 228 g/mol. The number of allylic oxidation sites excluding steroid dienone is 1. The Labute approximate surface area is 101 Å². The van der Waals surface area contributed by atoms with Crippen LogP contribution in [-0.4, -0.2) is 28.8 Å². The molecule has 0 radical (unpaired) electrons. The number of piperidine rings is 1. The van der Waals surface area contributed by atoms with Gasteiger partial charge in [-0.05, 0) is 43.4 Å². The third-order valence-electron chi connectivity index (χ3n) is 3.76. The molecule has 1 aromatic rings. The van der Waals surface area contributed by atoms with E-state index in [0.29, 0.717) is 11.5 Å². The molecule has 0 unspecified atom stereocenters. The lowest BCUT2D eigenvalue weighted by atomic mass is 9.84. The number of carbonyl (C=O) groups excluding carboxylic acids is 1. The molecule has 1 fully saturated rings. The Bertz CT molecular complexity index is 468. The van der Waals surface area contributed by atoms with Crippen molar-refractivity contribution in [3.05, 3.63) is 35.8 Å². The second-order valence-electron chi connectivity index (χ2n) is 4.88. The molecular weight excluding hydrogens is 212 g/mol. The molecule has 3 aliphatic heterocycles. The van der Waals surface area contributed by atoms with Crippen LogP contribution in [0.25, 0.3) is 5.57 Å². The van der Waals surface area contributed by atoms with Crippen molar-refractivity contribution in [2.75, 3.05) is 13.1 Å².